The molecular weight excluding hydrogens is 404 g/mol. The van der Waals surface area contributed by atoms with Crippen molar-refractivity contribution in [3.05, 3.63) is 69.4 Å². The molecule has 0 unspecified atom stereocenters. The number of halogens is 3. The van der Waals surface area contributed by atoms with Crippen LogP contribution in [0.1, 0.15) is 27.7 Å². The number of fused-ring (bicyclic) bond motifs is 1. The van der Waals surface area contributed by atoms with Crippen LogP contribution in [0.4, 0.5) is 4.39 Å². The van der Waals surface area contributed by atoms with Gasteiger partial charge in [-0.2, -0.15) is 0 Å². The van der Waals surface area contributed by atoms with E-state index in [0.29, 0.717) is 19.0 Å². The number of carbonyl (C=O) groups excluding carboxylic acids is 1. The van der Waals surface area contributed by atoms with E-state index in [0.717, 1.165) is 17.8 Å². The Morgan fingerprint density at radius 2 is 1.89 bits per heavy atom. The number of carbonyl (C=O) groups is 1. The zero-order chi connectivity index (χ0) is 18.4. The number of nitrogens with one attached hydrogen (secondary N) is 1. The first-order chi connectivity index (χ1) is 12.4. The number of hydrogen-bond acceptors (Lipinski definition) is 3. The molecule has 5 nitrogen and oxygen atoms in total. The SMILES string of the molecule is Cc1ccc(C(=O)N2C[C@@H]3CN(C)[C@@H](c4cccc(F)c4)[C@@H]3C2)c(=O)[nH]1.Cl.Cl. The molecule has 2 fully saturated rings. The molecule has 1 aromatic carbocycles. The maximum Gasteiger partial charge on any atom is 0.260 e. The summed E-state index contributed by atoms with van der Waals surface area (Å²) in [7, 11) is 2.05. The van der Waals surface area contributed by atoms with E-state index < -0.39 is 0 Å². The third-order valence-corrected chi connectivity index (χ3v) is 5.66. The number of amides is 1. The zero-order valence-electron chi connectivity index (χ0n) is 15.7. The number of aryl methyl sites for hydroxylation is 1. The zero-order valence-corrected chi connectivity index (χ0v) is 17.4. The molecule has 3 atom stereocenters. The Morgan fingerprint density at radius 1 is 1.14 bits per heavy atom. The number of aromatic nitrogens is 1. The topological polar surface area (TPSA) is 56.4 Å². The van der Waals surface area contributed by atoms with E-state index in [-0.39, 0.29) is 59.6 Å². The molecule has 2 aromatic rings. The average Bonchev–Trinajstić information content (AvgIpc) is 3.10. The Morgan fingerprint density at radius 3 is 2.57 bits per heavy atom. The Labute approximate surface area is 175 Å². The van der Waals surface area contributed by atoms with Crippen molar-refractivity contribution in [3.8, 4) is 0 Å². The van der Waals surface area contributed by atoms with Gasteiger partial charge in [0.15, 0.2) is 0 Å². The first-order valence-corrected chi connectivity index (χ1v) is 8.89. The van der Waals surface area contributed by atoms with Crippen molar-refractivity contribution in [2.75, 3.05) is 26.7 Å². The molecule has 4 rings (SSSR count). The standard InChI is InChI=1S/C20H22FN3O2.2ClH/c1-12-6-7-16(19(25)22-12)20(26)24-10-14-9-23(2)18(17(14)11-24)13-4-3-5-15(21)8-13;;/h3-8,14,17-18H,9-11H2,1-2H3,(H,22,25);2*1H/t14-,17+,18-;;/m0../s1. The van der Waals surface area contributed by atoms with Crippen LogP contribution in [0.5, 0.6) is 0 Å². The maximum absolute atomic E-state index is 13.7. The third-order valence-electron chi connectivity index (χ3n) is 5.66. The fourth-order valence-corrected chi connectivity index (χ4v) is 4.53. The van der Waals surface area contributed by atoms with Gasteiger partial charge in [0.1, 0.15) is 11.4 Å². The first-order valence-electron chi connectivity index (χ1n) is 8.89. The summed E-state index contributed by atoms with van der Waals surface area (Å²) >= 11 is 0. The summed E-state index contributed by atoms with van der Waals surface area (Å²) in [6.45, 7) is 3.87. The summed E-state index contributed by atoms with van der Waals surface area (Å²) in [6.07, 6.45) is 0. The fourth-order valence-electron chi connectivity index (χ4n) is 4.53. The summed E-state index contributed by atoms with van der Waals surface area (Å²) in [5, 5.41) is 0. The molecule has 1 aromatic heterocycles. The van der Waals surface area contributed by atoms with Crippen molar-refractivity contribution < 1.29 is 9.18 Å². The van der Waals surface area contributed by atoms with Gasteiger partial charge in [0.2, 0.25) is 0 Å². The summed E-state index contributed by atoms with van der Waals surface area (Å²) in [6, 6.07) is 10.1. The number of pyridine rings is 1. The smallest absolute Gasteiger partial charge is 0.260 e. The lowest BCUT2D eigenvalue weighted by Crippen LogP contribution is -2.36. The molecule has 8 heteroatoms. The van der Waals surface area contributed by atoms with Gasteiger partial charge in [-0.05, 0) is 49.7 Å². The monoisotopic (exact) mass is 427 g/mol. The minimum atomic E-state index is -0.342. The highest BCUT2D eigenvalue weighted by Gasteiger charge is 2.47. The minimum Gasteiger partial charge on any atom is -0.338 e. The van der Waals surface area contributed by atoms with Gasteiger partial charge in [0.25, 0.3) is 11.5 Å². The number of rotatable bonds is 2. The molecule has 0 aliphatic carbocycles. The number of aromatic amines is 1. The molecule has 2 saturated heterocycles. The van der Waals surface area contributed by atoms with Crippen molar-refractivity contribution >= 4 is 30.7 Å². The molecule has 152 valence electrons. The first kappa shape index (κ1) is 22.4. The van der Waals surface area contributed by atoms with Crippen LogP contribution in [0.15, 0.2) is 41.2 Å². The molecular formula is C20H24Cl2FN3O2. The Bertz CT molecular complexity index is 920. The van der Waals surface area contributed by atoms with Crippen molar-refractivity contribution in [1.82, 2.24) is 14.8 Å². The molecule has 28 heavy (non-hydrogen) atoms. The van der Waals surface area contributed by atoms with Crippen LogP contribution in [0.3, 0.4) is 0 Å². The van der Waals surface area contributed by atoms with Gasteiger partial charge in [-0.3, -0.25) is 14.5 Å². The van der Waals surface area contributed by atoms with Crippen molar-refractivity contribution in [1.29, 1.82) is 0 Å². The lowest BCUT2D eigenvalue weighted by Gasteiger charge is -2.27. The van der Waals surface area contributed by atoms with Gasteiger partial charge in [-0.25, -0.2) is 4.39 Å². The van der Waals surface area contributed by atoms with E-state index in [4.69, 9.17) is 0 Å². The summed E-state index contributed by atoms with van der Waals surface area (Å²) < 4.78 is 13.7. The molecule has 1 N–H and O–H groups in total. The van der Waals surface area contributed by atoms with Gasteiger partial charge in [-0.1, -0.05) is 12.1 Å². The molecule has 0 spiro atoms. The van der Waals surface area contributed by atoms with Crippen LogP contribution >= 0.6 is 24.8 Å². The summed E-state index contributed by atoms with van der Waals surface area (Å²) in [5.41, 5.74) is 1.53. The van der Waals surface area contributed by atoms with Crippen molar-refractivity contribution in [2.45, 2.75) is 13.0 Å². The van der Waals surface area contributed by atoms with Crippen molar-refractivity contribution in [3.63, 3.8) is 0 Å². The highest BCUT2D eigenvalue weighted by Crippen LogP contribution is 2.44. The van der Waals surface area contributed by atoms with E-state index in [2.05, 4.69) is 9.88 Å². The quantitative estimate of drug-likeness (QED) is 0.800. The number of H-pyrrole nitrogens is 1. The van der Waals surface area contributed by atoms with Crippen LogP contribution in [-0.2, 0) is 0 Å². The van der Waals surface area contributed by atoms with Gasteiger partial charge in [-0.15, -0.1) is 24.8 Å². The third kappa shape index (κ3) is 3.95. The summed E-state index contributed by atoms with van der Waals surface area (Å²) in [5.74, 6) is 0.120. The Kier molecular flexibility index (Phi) is 6.91. The van der Waals surface area contributed by atoms with Gasteiger partial charge < -0.3 is 9.88 Å². The van der Waals surface area contributed by atoms with Crippen LogP contribution in [-0.4, -0.2) is 47.4 Å². The van der Waals surface area contributed by atoms with E-state index in [9.17, 15) is 14.0 Å². The molecule has 2 aliphatic heterocycles. The second-order valence-electron chi connectivity index (χ2n) is 7.46. The van der Waals surface area contributed by atoms with Crippen LogP contribution < -0.4 is 5.56 Å². The molecule has 0 radical (unpaired) electrons. The predicted octanol–water partition coefficient (Wildman–Crippen LogP) is 3.04. The second-order valence-corrected chi connectivity index (χ2v) is 7.46. The van der Waals surface area contributed by atoms with Gasteiger partial charge >= 0.3 is 0 Å². The molecule has 0 saturated carbocycles. The van der Waals surface area contributed by atoms with E-state index >= 15 is 0 Å². The lowest BCUT2D eigenvalue weighted by atomic mass is 9.89. The number of likely N-dealkylation sites (tertiary alicyclic amines) is 2. The lowest BCUT2D eigenvalue weighted by molar-refractivity contribution is 0.0766. The molecule has 2 aliphatic rings. The highest BCUT2D eigenvalue weighted by molar-refractivity contribution is 5.94. The van der Waals surface area contributed by atoms with E-state index in [1.807, 2.05) is 13.1 Å². The number of nitrogens with zero attached hydrogens (tertiary/aromatic N) is 2. The molecule has 0 bridgehead atoms. The van der Waals surface area contributed by atoms with Gasteiger partial charge in [0, 0.05) is 37.3 Å². The van der Waals surface area contributed by atoms with Crippen molar-refractivity contribution in [2.24, 2.45) is 11.8 Å². The summed E-state index contributed by atoms with van der Waals surface area (Å²) in [4.78, 5) is 31.6. The predicted molar refractivity (Wildman–Crippen MR) is 111 cm³/mol. The van der Waals surface area contributed by atoms with Crippen LogP contribution in [0, 0.1) is 24.6 Å². The van der Waals surface area contributed by atoms with Crippen LogP contribution in [0.25, 0.3) is 0 Å². The maximum atomic E-state index is 13.7. The largest absolute Gasteiger partial charge is 0.338 e. The molecule has 3 heterocycles. The number of hydrogen-bond donors (Lipinski definition) is 1. The molecule has 1 amide bonds. The highest BCUT2D eigenvalue weighted by atomic mass is 35.5. The normalized spacial score (nSPS) is 23.7. The van der Waals surface area contributed by atoms with Crippen LogP contribution in [0.2, 0.25) is 0 Å². The Hall–Kier alpha value is -1.89. The van der Waals surface area contributed by atoms with Gasteiger partial charge in [0.05, 0.1) is 0 Å². The minimum absolute atomic E-state index is 0. The number of benzene rings is 1. The average molecular weight is 428 g/mol. The van der Waals surface area contributed by atoms with E-state index in [1.165, 1.54) is 6.07 Å². The van der Waals surface area contributed by atoms with E-state index in [1.54, 1.807) is 36.1 Å². The Balaban J connectivity index is 0.00000140. The second kappa shape index (κ2) is 8.64. The fraction of sp³-hybridized carbons (Fsp3) is 0.400.